The van der Waals surface area contributed by atoms with E-state index in [-0.39, 0.29) is 24.2 Å². The summed E-state index contributed by atoms with van der Waals surface area (Å²) in [5, 5.41) is 5.59. The molecule has 1 aliphatic rings. The van der Waals surface area contributed by atoms with Gasteiger partial charge in [-0.15, -0.1) is 0 Å². The zero-order valence-corrected chi connectivity index (χ0v) is 12.4. The van der Waals surface area contributed by atoms with Crippen molar-refractivity contribution in [2.24, 2.45) is 0 Å². The predicted octanol–water partition coefficient (Wildman–Crippen LogP) is 1.50. The zero-order valence-electron chi connectivity index (χ0n) is 12.4. The minimum Gasteiger partial charge on any atom is -0.336 e. The molecule has 5 nitrogen and oxygen atoms in total. The van der Waals surface area contributed by atoms with Crippen molar-refractivity contribution in [3.8, 4) is 0 Å². The first-order valence-electron chi connectivity index (χ1n) is 7.17. The van der Waals surface area contributed by atoms with Crippen LogP contribution in [0.4, 0.5) is 14.5 Å². The third-order valence-corrected chi connectivity index (χ3v) is 3.54. The quantitative estimate of drug-likeness (QED) is 0.866. The maximum Gasteiger partial charge on any atom is 0.243 e. The molecule has 0 aromatic heterocycles. The van der Waals surface area contributed by atoms with E-state index in [1.807, 2.05) is 0 Å². The Labute approximate surface area is 127 Å². The molecular weight excluding hydrogens is 292 g/mol. The van der Waals surface area contributed by atoms with Crippen LogP contribution in [0.15, 0.2) is 18.2 Å². The second-order valence-electron chi connectivity index (χ2n) is 5.45. The number of hydrogen-bond acceptors (Lipinski definition) is 3. The van der Waals surface area contributed by atoms with E-state index in [0.717, 1.165) is 37.6 Å². The third-order valence-electron chi connectivity index (χ3n) is 3.54. The molecule has 1 aromatic carbocycles. The molecule has 120 valence electrons. The molecule has 1 aromatic rings. The Morgan fingerprint density at radius 2 is 2.00 bits per heavy atom. The Morgan fingerprint density at radius 3 is 2.59 bits per heavy atom. The summed E-state index contributed by atoms with van der Waals surface area (Å²) in [5.41, 5.74) is 0.0285. The Hall–Kier alpha value is -2.02. The number of halogens is 2. The van der Waals surface area contributed by atoms with Gasteiger partial charge in [-0.3, -0.25) is 9.59 Å². The topological polar surface area (TPSA) is 61.4 Å². The van der Waals surface area contributed by atoms with Crippen LogP contribution >= 0.6 is 0 Å². The fourth-order valence-corrected chi connectivity index (χ4v) is 2.43. The van der Waals surface area contributed by atoms with Gasteiger partial charge < -0.3 is 15.5 Å². The van der Waals surface area contributed by atoms with Gasteiger partial charge in [-0.25, -0.2) is 8.78 Å². The van der Waals surface area contributed by atoms with Crippen LogP contribution in [0, 0.1) is 11.6 Å². The third kappa shape index (κ3) is 4.77. The van der Waals surface area contributed by atoms with Gasteiger partial charge in [-0.1, -0.05) is 0 Å². The predicted molar refractivity (Wildman–Crippen MR) is 78.3 cm³/mol. The number of hydrogen-bond donors (Lipinski definition) is 2. The van der Waals surface area contributed by atoms with E-state index >= 15 is 0 Å². The molecule has 2 N–H and O–H groups in total. The average Bonchev–Trinajstić information content (AvgIpc) is 2.89. The van der Waals surface area contributed by atoms with Crippen LogP contribution in [0.25, 0.3) is 0 Å². The van der Waals surface area contributed by atoms with Crippen molar-refractivity contribution in [3.05, 3.63) is 29.8 Å². The van der Waals surface area contributed by atoms with Crippen molar-refractivity contribution < 1.29 is 18.4 Å². The van der Waals surface area contributed by atoms with Crippen molar-refractivity contribution in [3.63, 3.8) is 0 Å². The van der Waals surface area contributed by atoms with E-state index in [1.54, 1.807) is 0 Å². The van der Waals surface area contributed by atoms with Crippen molar-refractivity contribution in [2.45, 2.75) is 25.3 Å². The Kier molecular flexibility index (Phi) is 5.43. The number of carbonyl (C=O) groups is 2. The van der Waals surface area contributed by atoms with Gasteiger partial charge in [0.1, 0.15) is 11.6 Å². The fourth-order valence-electron chi connectivity index (χ4n) is 2.43. The molecule has 0 radical (unpaired) electrons. The molecule has 1 aliphatic heterocycles. The first-order chi connectivity index (χ1) is 10.4. The summed E-state index contributed by atoms with van der Waals surface area (Å²) in [4.78, 5) is 25.1. The summed E-state index contributed by atoms with van der Waals surface area (Å²) >= 11 is 0. The Balaban J connectivity index is 1.83. The number of nitrogens with one attached hydrogen (secondary N) is 2. The standard InChI is InChI=1S/C15H19F2N3O2/c1-20(15(22)8-12-3-2-4-18-12)9-14(21)19-13-6-10(16)5-11(17)7-13/h5-7,12,18H,2-4,8-9H2,1H3,(H,19,21). The maximum absolute atomic E-state index is 13.0. The first-order valence-corrected chi connectivity index (χ1v) is 7.17. The van der Waals surface area contributed by atoms with E-state index < -0.39 is 17.5 Å². The number of anilines is 1. The molecule has 1 unspecified atom stereocenters. The van der Waals surface area contributed by atoms with Gasteiger partial charge in [-0.05, 0) is 31.5 Å². The number of amides is 2. The minimum absolute atomic E-state index is 0.0285. The maximum atomic E-state index is 13.0. The summed E-state index contributed by atoms with van der Waals surface area (Å²) in [6.45, 7) is 0.747. The number of nitrogens with zero attached hydrogens (tertiary/aromatic N) is 1. The largest absolute Gasteiger partial charge is 0.336 e. The lowest BCUT2D eigenvalue weighted by Gasteiger charge is -2.19. The molecule has 1 heterocycles. The molecule has 0 aliphatic carbocycles. The summed E-state index contributed by atoms with van der Waals surface area (Å²) in [7, 11) is 1.53. The van der Waals surface area contributed by atoms with Gasteiger partial charge in [0, 0.05) is 31.3 Å². The molecule has 0 bridgehead atoms. The minimum atomic E-state index is -0.771. The highest BCUT2D eigenvalue weighted by Crippen LogP contribution is 2.13. The second-order valence-corrected chi connectivity index (χ2v) is 5.45. The van der Waals surface area contributed by atoms with Crippen molar-refractivity contribution >= 4 is 17.5 Å². The van der Waals surface area contributed by atoms with Gasteiger partial charge in [-0.2, -0.15) is 0 Å². The van der Waals surface area contributed by atoms with E-state index in [0.29, 0.717) is 6.42 Å². The molecule has 2 amide bonds. The fraction of sp³-hybridized carbons (Fsp3) is 0.467. The number of benzene rings is 1. The highest BCUT2D eigenvalue weighted by Gasteiger charge is 2.21. The van der Waals surface area contributed by atoms with Gasteiger partial charge in [0.2, 0.25) is 11.8 Å². The molecule has 0 spiro atoms. The van der Waals surface area contributed by atoms with Crippen LogP contribution in [0.2, 0.25) is 0 Å². The summed E-state index contributed by atoms with van der Waals surface area (Å²) < 4.78 is 26.1. The molecule has 2 rings (SSSR count). The lowest BCUT2D eigenvalue weighted by Crippen LogP contribution is -2.38. The van der Waals surface area contributed by atoms with E-state index in [2.05, 4.69) is 10.6 Å². The summed E-state index contributed by atoms with van der Waals surface area (Å²) in [6.07, 6.45) is 2.35. The number of likely N-dealkylation sites (N-methyl/N-ethyl adjacent to an activating group) is 1. The smallest absolute Gasteiger partial charge is 0.243 e. The Bertz CT molecular complexity index is 539. The lowest BCUT2D eigenvalue weighted by atomic mass is 10.1. The normalized spacial score (nSPS) is 17.3. The zero-order chi connectivity index (χ0) is 16.1. The molecule has 1 atom stereocenters. The summed E-state index contributed by atoms with van der Waals surface area (Å²) in [5.74, 6) is -2.18. The average molecular weight is 311 g/mol. The SMILES string of the molecule is CN(CC(=O)Nc1cc(F)cc(F)c1)C(=O)CC1CCCN1. The van der Waals surface area contributed by atoms with E-state index in [9.17, 15) is 18.4 Å². The van der Waals surface area contributed by atoms with Crippen molar-refractivity contribution in [1.82, 2.24) is 10.2 Å². The van der Waals surface area contributed by atoms with E-state index in [4.69, 9.17) is 0 Å². The molecule has 0 saturated carbocycles. The van der Waals surface area contributed by atoms with Crippen molar-refractivity contribution in [1.29, 1.82) is 0 Å². The highest BCUT2D eigenvalue weighted by atomic mass is 19.1. The molecule has 7 heteroatoms. The van der Waals surface area contributed by atoms with Crippen LogP contribution in [-0.4, -0.2) is 42.9 Å². The van der Waals surface area contributed by atoms with Gasteiger partial charge >= 0.3 is 0 Å². The molecule has 1 saturated heterocycles. The molecule has 22 heavy (non-hydrogen) atoms. The van der Waals surface area contributed by atoms with Crippen molar-refractivity contribution in [2.75, 3.05) is 25.5 Å². The van der Waals surface area contributed by atoms with Gasteiger partial charge in [0.05, 0.1) is 6.54 Å². The Morgan fingerprint density at radius 1 is 1.32 bits per heavy atom. The molecule has 1 fully saturated rings. The van der Waals surface area contributed by atoms with Gasteiger partial charge in [0.25, 0.3) is 0 Å². The number of carbonyl (C=O) groups excluding carboxylic acids is 2. The van der Waals surface area contributed by atoms with Crippen LogP contribution in [0.3, 0.4) is 0 Å². The van der Waals surface area contributed by atoms with Crippen LogP contribution in [0.5, 0.6) is 0 Å². The second kappa shape index (κ2) is 7.31. The van der Waals surface area contributed by atoms with Crippen LogP contribution in [-0.2, 0) is 9.59 Å². The molecular formula is C15H19F2N3O2. The van der Waals surface area contributed by atoms with Gasteiger partial charge in [0.15, 0.2) is 0 Å². The highest BCUT2D eigenvalue weighted by molar-refractivity contribution is 5.94. The monoisotopic (exact) mass is 311 g/mol. The van der Waals surface area contributed by atoms with Crippen LogP contribution < -0.4 is 10.6 Å². The van der Waals surface area contributed by atoms with E-state index in [1.165, 1.54) is 11.9 Å². The first kappa shape index (κ1) is 16.4. The summed E-state index contributed by atoms with van der Waals surface area (Å²) in [6, 6.07) is 2.92. The lowest BCUT2D eigenvalue weighted by molar-refractivity contribution is -0.133. The van der Waals surface area contributed by atoms with Crippen LogP contribution in [0.1, 0.15) is 19.3 Å². The number of rotatable bonds is 5.